The molecule has 0 saturated carbocycles. The Balaban J connectivity index is 2.22. The smallest absolute Gasteiger partial charge is 0.287 e. The van der Waals surface area contributed by atoms with E-state index in [1.54, 1.807) is 61.8 Å². The Morgan fingerprint density at radius 3 is 2.40 bits per heavy atom. The number of carbonyl (C=O) groups is 1. The second-order valence-corrected chi connectivity index (χ2v) is 5.58. The van der Waals surface area contributed by atoms with Gasteiger partial charge in [-0.1, -0.05) is 37.3 Å². The predicted octanol–water partition coefficient (Wildman–Crippen LogP) is 1.77. The van der Waals surface area contributed by atoms with Gasteiger partial charge in [-0.15, -0.1) is 0 Å². The zero-order chi connectivity index (χ0) is 17.8. The molecule has 2 aromatic heterocycles. The molecule has 0 spiro atoms. The molecule has 0 radical (unpaired) electrons. The van der Waals surface area contributed by atoms with Crippen LogP contribution < -0.4 is 11.2 Å². The zero-order valence-corrected chi connectivity index (χ0v) is 13.7. The molecule has 25 heavy (non-hydrogen) atoms. The number of nitrogens with one attached hydrogen (secondary N) is 1. The van der Waals surface area contributed by atoms with Crippen LogP contribution in [0, 0.1) is 0 Å². The lowest BCUT2D eigenvalue weighted by Gasteiger charge is -2.15. The summed E-state index contributed by atoms with van der Waals surface area (Å²) in [6.07, 6.45) is 3.58. The van der Waals surface area contributed by atoms with E-state index >= 15 is 0 Å². The van der Waals surface area contributed by atoms with Crippen LogP contribution in [0.25, 0.3) is 0 Å². The molecule has 0 aliphatic rings. The standard InChI is InChI=1S/C19H17N3O3/c1-2-15-16(17(23)14-6-4-3-5-7-14)22(19(25)21-18(15)24)12-13-8-10-20-11-9-13/h3-11H,2,12H2,1H3,(H,21,24,25). The molecule has 3 rings (SSSR count). The van der Waals surface area contributed by atoms with E-state index in [-0.39, 0.29) is 18.0 Å². The Bertz CT molecular complexity index is 1010. The third-order valence-electron chi connectivity index (χ3n) is 3.99. The lowest BCUT2D eigenvalue weighted by atomic mass is 10.0. The molecule has 0 saturated heterocycles. The average molecular weight is 335 g/mol. The fourth-order valence-electron chi connectivity index (χ4n) is 2.75. The molecular formula is C19H17N3O3. The summed E-state index contributed by atoms with van der Waals surface area (Å²) in [7, 11) is 0. The van der Waals surface area contributed by atoms with E-state index in [2.05, 4.69) is 9.97 Å². The van der Waals surface area contributed by atoms with Crippen LogP contribution >= 0.6 is 0 Å². The van der Waals surface area contributed by atoms with E-state index in [4.69, 9.17) is 0 Å². The number of hydrogen-bond acceptors (Lipinski definition) is 4. The second kappa shape index (κ2) is 7.09. The summed E-state index contributed by atoms with van der Waals surface area (Å²) in [6.45, 7) is 1.96. The zero-order valence-electron chi connectivity index (χ0n) is 13.7. The van der Waals surface area contributed by atoms with E-state index in [0.29, 0.717) is 17.5 Å². The minimum atomic E-state index is -0.599. The second-order valence-electron chi connectivity index (χ2n) is 5.58. The van der Waals surface area contributed by atoms with Crippen LogP contribution in [0.3, 0.4) is 0 Å². The summed E-state index contributed by atoms with van der Waals surface area (Å²) in [6, 6.07) is 12.2. The summed E-state index contributed by atoms with van der Waals surface area (Å²) in [5.41, 5.74) is 0.580. The molecule has 2 heterocycles. The van der Waals surface area contributed by atoms with E-state index < -0.39 is 11.2 Å². The molecular weight excluding hydrogens is 318 g/mol. The topological polar surface area (TPSA) is 84.8 Å². The number of benzene rings is 1. The molecule has 1 aromatic carbocycles. The van der Waals surface area contributed by atoms with Crippen molar-refractivity contribution in [1.82, 2.24) is 14.5 Å². The first-order chi connectivity index (χ1) is 12.1. The number of aromatic nitrogens is 3. The highest BCUT2D eigenvalue weighted by Gasteiger charge is 2.21. The van der Waals surface area contributed by atoms with Crippen molar-refractivity contribution in [3.05, 3.63) is 98.1 Å². The molecule has 0 aliphatic carbocycles. The van der Waals surface area contributed by atoms with Crippen LogP contribution in [0.5, 0.6) is 0 Å². The highest BCUT2D eigenvalue weighted by molar-refractivity contribution is 6.08. The SMILES string of the molecule is CCc1c(C(=O)c2ccccc2)n(Cc2ccncc2)c(=O)[nH]c1=O. The number of ketones is 1. The summed E-state index contributed by atoms with van der Waals surface area (Å²) < 4.78 is 1.32. The number of aromatic amines is 1. The number of rotatable bonds is 5. The van der Waals surface area contributed by atoms with Crippen molar-refractivity contribution in [3.8, 4) is 0 Å². The lowest BCUT2D eigenvalue weighted by molar-refractivity contribution is 0.102. The van der Waals surface area contributed by atoms with E-state index in [0.717, 1.165) is 5.56 Å². The fourth-order valence-corrected chi connectivity index (χ4v) is 2.75. The van der Waals surface area contributed by atoms with Crippen LogP contribution in [0.15, 0.2) is 64.4 Å². The van der Waals surface area contributed by atoms with Gasteiger partial charge in [0.15, 0.2) is 0 Å². The number of hydrogen-bond donors (Lipinski definition) is 1. The highest BCUT2D eigenvalue weighted by atomic mass is 16.2. The number of carbonyl (C=O) groups excluding carboxylic acids is 1. The minimum Gasteiger partial charge on any atom is -0.287 e. The predicted molar refractivity (Wildman–Crippen MR) is 93.9 cm³/mol. The quantitative estimate of drug-likeness (QED) is 0.720. The lowest BCUT2D eigenvalue weighted by Crippen LogP contribution is -2.37. The van der Waals surface area contributed by atoms with Gasteiger partial charge in [-0.3, -0.25) is 24.1 Å². The molecule has 1 N–H and O–H groups in total. The molecule has 6 nitrogen and oxygen atoms in total. The largest absolute Gasteiger partial charge is 0.329 e. The Morgan fingerprint density at radius 1 is 1.08 bits per heavy atom. The van der Waals surface area contributed by atoms with Crippen molar-refractivity contribution in [2.75, 3.05) is 0 Å². The van der Waals surface area contributed by atoms with Crippen molar-refractivity contribution in [2.45, 2.75) is 19.9 Å². The van der Waals surface area contributed by atoms with Crippen molar-refractivity contribution >= 4 is 5.78 Å². The maximum atomic E-state index is 13.0. The van der Waals surface area contributed by atoms with Gasteiger partial charge in [0.2, 0.25) is 5.78 Å². The molecule has 0 amide bonds. The molecule has 0 aliphatic heterocycles. The third kappa shape index (κ3) is 3.33. The Kier molecular flexibility index (Phi) is 4.70. The maximum Gasteiger partial charge on any atom is 0.329 e. The van der Waals surface area contributed by atoms with Crippen LogP contribution in [0.4, 0.5) is 0 Å². The maximum absolute atomic E-state index is 13.0. The Labute approximate surface area is 143 Å². The first kappa shape index (κ1) is 16.6. The van der Waals surface area contributed by atoms with Gasteiger partial charge < -0.3 is 0 Å². The highest BCUT2D eigenvalue weighted by Crippen LogP contribution is 2.13. The summed E-state index contributed by atoms with van der Waals surface area (Å²) in [5.74, 6) is -0.338. The first-order valence-electron chi connectivity index (χ1n) is 7.96. The van der Waals surface area contributed by atoms with E-state index in [9.17, 15) is 14.4 Å². The molecule has 3 aromatic rings. The monoisotopic (exact) mass is 335 g/mol. The van der Waals surface area contributed by atoms with Crippen molar-refractivity contribution < 1.29 is 4.79 Å². The normalized spacial score (nSPS) is 10.6. The van der Waals surface area contributed by atoms with Gasteiger partial charge >= 0.3 is 5.69 Å². The Morgan fingerprint density at radius 2 is 1.76 bits per heavy atom. The van der Waals surface area contributed by atoms with Crippen LogP contribution in [-0.4, -0.2) is 20.3 Å². The van der Waals surface area contributed by atoms with Gasteiger partial charge in [0, 0.05) is 23.5 Å². The molecule has 0 unspecified atom stereocenters. The van der Waals surface area contributed by atoms with Gasteiger partial charge in [0.05, 0.1) is 6.54 Å². The molecule has 0 bridgehead atoms. The van der Waals surface area contributed by atoms with E-state index in [1.807, 2.05) is 0 Å². The summed E-state index contributed by atoms with van der Waals surface area (Å²) in [4.78, 5) is 43.9. The van der Waals surface area contributed by atoms with Gasteiger partial charge in [-0.2, -0.15) is 0 Å². The number of pyridine rings is 1. The van der Waals surface area contributed by atoms with Crippen LogP contribution in [0.2, 0.25) is 0 Å². The van der Waals surface area contributed by atoms with Gasteiger partial charge in [-0.25, -0.2) is 4.79 Å². The average Bonchev–Trinajstić information content (AvgIpc) is 2.64. The van der Waals surface area contributed by atoms with Crippen molar-refractivity contribution in [3.63, 3.8) is 0 Å². The molecule has 126 valence electrons. The minimum absolute atomic E-state index is 0.138. The molecule has 6 heteroatoms. The Hall–Kier alpha value is -3.28. The van der Waals surface area contributed by atoms with Crippen molar-refractivity contribution in [2.24, 2.45) is 0 Å². The van der Waals surface area contributed by atoms with Crippen molar-refractivity contribution in [1.29, 1.82) is 0 Å². The van der Waals surface area contributed by atoms with Gasteiger partial charge in [0.1, 0.15) is 5.69 Å². The number of nitrogens with zero attached hydrogens (tertiary/aromatic N) is 2. The van der Waals surface area contributed by atoms with Gasteiger partial charge in [-0.05, 0) is 24.1 Å². The molecule has 0 atom stereocenters. The van der Waals surface area contributed by atoms with E-state index in [1.165, 1.54) is 4.57 Å². The first-order valence-corrected chi connectivity index (χ1v) is 7.96. The summed E-state index contributed by atoms with van der Waals surface area (Å²) >= 11 is 0. The number of H-pyrrole nitrogens is 1. The van der Waals surface area contributed by atoms with Gasteiger partial charge in [0.25, 0.3) is 5.56 Å². The van der Waals surface area contributed by atoms with Crippen LogP contribution in [-0.2, 0) is 13.0 Å². The third-order valence-corrected chi connectivity index (χ3v) is 3.99. The van der Waals surface area contributed by atoms with Crippen LogP contribution in [0.1, 0.15) is 34.1 Å². The summed E-state index contributed by atoms with van der Waals surface area (Å²) in [5, 5.41) is 0. The fraction of sp³-hybridized carbons (Fsp3) is 0.158. The molecule has 0 fully saturated rings.